The van der Waals surface area contributed by atoms with Crippen LogP contribution in [0, 0.1) is 0 Å². The molecule has 0 fully saturated rings. The highest BCUT2D eigenvalue weighted by molar-refractivity contribution is 7.80. The van der Waals surface area contributed by atoms with Gasteiger partial charge in [0.15, 0.2) is 0 Å². The Labute approximate surface area is 116 Å². The van der Waals surface area contributed by atoms with E-state index in [1.54, 1.807) is 6.07 Å². The van der Waals surface area contributed by atoms with Crippen LogP contribution in [0.15, 0.2) is 18.2 Å². The number of carbonyl (C=O) groups excluding carboxylic acids is 1. The number of rotatable bonds is 6. The molecule has 0 saturated heterocycles. The number of anilines is 1. The van der Waals surface area contributed by atoms with Gasteiger partial charge in [0.1, 0.15) is 11.3 Å². The van der Waals surface area contributed by atoms with E-state index in [1.165, 1.54) is 19.1 Å². The van der Waals surface area contributed by atoms with Crippen molar-refractivity contribution in [2.24, 2.45) is 0 Å². The highest BCUT2D eigenvalue weighted by Crippen LogP contribution is 2.21. The molecule has 1 atom stereocenters. The average molecular weight is 284 g/mol. The number of thiol groups is 1. The van der Waals surface area contributed by atoms with Gasteiger partial charge in [-0.15, -0.1) is 0 Å². The average Bonchev–Trinajstić information content (AvgIpc) is 2.35. The van der Waals surface area contributed by atoms with E-state index in [4.69, 9.17) is 5.11 Å². The quantitative estimate of drug-likeness (QED) is 0.395. The summed E-state index contributed by atoms with van der Waals surface area (Å²) in [7, 11) is 0. The lowest BCUT2D eigenvalue weighted by Crippen LogP contribution is -2.39. The molecular weight excluding hydrogens is 268 g/mol. The zero-order valence-electron chi connectivity index (χ0n) is 10.4. The SMILES string of the molecule is CC(=O)NC(CS)CNc1ccc(O)c(C(=O)O)c1. The van der Waals surface area contributed by atoms with Crippen LogP contribution in [0.4, 0.5) is 5.69 Å². The van der Waals surface area contributed by atoms with Crippen molar-refractivity contribution in [3.63, 3.8) is 0 Å². The first-order chi connectivity index (χ1) is 8.93. The van der Waals surface area contributed by atoms with Gasteiger partial charge in [-0.1, -0.05) is 0 Å². The Morgan fingerprint density at radius 3 is 2.63 bits per heavy atom. The van der Waals surface area contributed by atoms with Gasteiger partial charge in [0.25, 0.3) is 0 Å². The van der Waals surface area contributed by atoms with E-state index in [-0.39, 0.29) is 23.3 Å². The summed E-state index contributed by atoms with van der Waals surface area (Å²) in [6, 6.07) is 4.04. The third-order valence-corrected chi connectivity index (χ3v) is 2.85. The van der Waals surface area contributed by atoms with Crippen LogP contribution in [-0.4, -0.2) is 40.4 Å². The van der Waals surface area contributed by atoms with Crippen molar-refractivity contribution in [3.8, 4) is 5.75 Å². The second-order valence-electron chi connectivity index (χ2n) is 4.00. The van der Waals surface area contributed by atoms with Crippen LogP contribution >= 0.6 is 12.6 Å². The summed E-state index contributed by atoms with van der Waals surface area (Å²) in [6.07, 6.45) is 0. The number of aromatic hydroxyl groups is 1. The van der Waals surface area contributed by atoms with Crippen LogP contribution in [0.2, 0.25) is 0 Å². The number of hydrogen-bond donors (Lipinski definition) is 5. The second-order valence-corrected chi connectivity index (χ2v) is 4.36. The standard InChI is InChI=1S/C12H16N2O4S/c1-7(15)14-9(6-19)5-13-8-2-3-11(16)10(4-8)12(17)18/h2-4,9,13,16,19H,5-6H2,1H3,(H,14,15)(H,17,18). The molecule has 0 aliphatic heterocycles. The maximum Gasteiger partial charge on any atom is 0.339 e. The fraction of sp³-hybridized carbons (Fsp3) is 0.333. The summed E-state index contributed by atoms with van der Waals surface area (Å²) in [5, 5.41) is 23.9. The molecule has 1 rings (SSSR count). The van der Waals surface area contributed by atoms with Crippen LogP contribution in [0.1, 0.15) is 17.3 Å². The topological polar surface area (TPSA) is 98.7 Å². The van der Waals surface area contributed by atoms with E-state index < -0.39 is 5.97 Å². The Morgan fingerprint density at radius 2 is 2.11 bits per heavy atom. The Balaban J connectivity index is 2.69. The normalized spacial score (nSPS) is 11.7. The minimum atomic E-state index is -1.20. The smallest absolute Gasteiger partial charge is 0.339 e. The lowest BCUT2D eigenvalue weighted by atomic mass is 10.1. The fourth-order valence-electron chi connectivity index (χ4n) is 1.51. The molecule has 19 heavy (non-hydrogen) atoms. The number of nitrogens with one attached hydrogen (secondary N) is 2. The van der Waals surface area contributed by atoms with Gasteiger partial charge in [-0.2, -0.15) is 12.6 Å². The molecule has 104 valence electrons. The largest absolute Gasteiger partial charge is 0.507 e. The van der Waals surface area contributed by atoms with E-state index in [0.717, 1.165) is 0 Å². The summed E-state index contributed by atoms with van der Waals surface area (Å²) < 4.78 is 0. The third-order valence-electron chi connectivity index (χ3n) is 2.41. The number of phenols is 1. The van der Waals surface area contributed by atoms with E-state index >= 15 is 0 Å². The molecular formula is C12H16N2O4S. The second kappa shape index (κ2) is 6.89. The summed E-state index contributed by atoms with van der Waals surface area (Å²) in [5.74, 6) is -1.19. The number of carboxylic acid groups (broad SMARTS) is 1. The Bertz CT molecular complexity index is 479. The van der Waals surface area contributed by atoms with Crippen molar-refractivity contribution in [1.29, 1.82) is 0 Å². The monoisotopic (exact) mass is 284 g/mol. The van der Waals surface area contributed by atoms with E-state index in [1.807, 2.05) is 0 Å². The van der Waals surface area contributed by atoms with Gasteiger partial charge < -0.3 is 20.8 Å². The van der Waals surface area contributed by atoms with Gasteiger partial charge in [0.2, 0.25) is 5.91 Å². The van der Waals surface area contributed by atoms with Crippen molar-refractivity contribution < 1.29 is 19.8 Å². The van der Waals surface area contributed by atoms with Crippen molar-refractivity contribution in [2.45, 2.75) is 13.0 Å². The summed E-state index contributed by atoms with van der Waals surface area (Å²) >= 11 is 4.12. The molecule has 0 saturated carbocycles. The zero-order chi connectivity index (χ0) is 14.4. The summed E-state index contributed by atoms with van der Waals surface area (Å²) in [6.45, 7) is 1.83. The number of amides is 1. The van der Waals surface area contributed by atoms with Gasteiger partial charge in [-0.3, -0.25) is 4.79 Å². The maximum atomic E-state index is 10.9. The van der Waals surface area contributed by atoms with Crippen molar-refractivity contribution >= 4 is 30.2 Å². The number of aromatic carboxylic acids is 1. The molecule has 0 aliphatic rings. The highest BCUT2D eigenvalue weighted by Gasteiger charge is 2.11. The maximum absolute atomic E-state index is 10.9. The molecule has 1 unspecified atom stereocenters. The third kappa shape index (κ3) is 4.70. The van der Waals surface area contributed by atoms with Crippen molar-refractivity contribution in [1.82, 2.24) is 5.32 Å². The molecule has 6 nitrogen and oxygen atoms in total. The molecule has 0 aromatic heterocycles. The lowest BCUT2D eigenvalue weighted by molar-refractivity contribution is -0.119. The van der Waals surface area contributed by atoms with E-state index in [2.05, 4.69) is 23.3 Å². The number of hydrogen-bond acceptors (Lipinski definition) is 5. The molecule has 7 heteroatoms. The molecule has 1 amide bonds. The first kappa shape index (κ1) is 15.2. The van der Waals surface area contributed by atoms with Gasteiger partial charge in [-0.05, 0) is 18.2 Å². The molecule has 4 N–H and O–H groups in total. The molecule has 0 bridgehead atoms. The van der Waals surface area contributed by atoms with Gasteiger partial charge in [0, 0.05) is 24.9 Å². The lowest BCUT2D eigenvalue weighted by Gasteiger charge is -2.17. The molecule has 1 aromatic rings. The minimum absolute atomic E-state index is 0.155. The van der Waals surface area contributed by atoms with Crippen molar-refractivity contribution in [2.75, 3.05) is 17.6 Å². The molecule has 0 aliphatic carbocycles. The predicted octanol–water partition coefficient (Wildman–Crippen LogP) is 0.937. The molecule has 0 heterocycles. The zero-order valence-corrected chi connectivity index (χ0v) is 11.3. The number of carboxylic acids is 1. The van der Waals surface area contributed by atoms with Gasteiger partial charge in [-0.25, -0.2) is 4.79 Å². The van der Waals surface area contributed by atoms with Crippen LogP contribution in [0.3, 0.4) is 0 Å². The summed E-state index contributed by atoms with van der Waals surface area (Å²) in [5.41, 5.74) is 0.374. The molecule has 0 radical (unpaired) electrons. The molecule has 0 spiro atoms. The number of carbonyl (C=O) groups is 2. The Kier molecular flexibility index (Phi) is 5.50. The highest BCUT2D eigenvalue weighted by atomic mass is 32.1. The van der Waals surface area contributed by atoms with Crippen LogP contribution < -0.4 is 10.6 Å². The van der Waals surface area contributed by atoms with E-state index in [9.17, 15) is 14.7 Å². The van der Waals surface area contributed by atoms with Gasteiger partial charge >= 0.3 is 5.97 Å². The molecule has 1 aromatic carbocycles. The fourth-order valence-corrected chi connectivity index (χ4v) is 1.73. The Morgan fingerprint density at radius 1 is 1.42 bits per heavy atom. The van der Waals surface area contributed by atoms with Crippen LogP contribution in [0.5, 0.6) is 5.75 Å². The summed E-state index contributed by atoms with van der Waals surface area (Å²) in [4.78, 5) is 21.8. The van der Waals surface area contributed by atoms with Crippen molar-refractivity contribution in [3.05, 3.63) is 23.8 Å². The van der Waals surface area contributed by atoms with Crippen LogP contribution in [0.25, 0.3) is 0 Å². The predicted molar refractivity (Wildman–Crippen MR) is 75.0 cm³/mol. The van der Waals surface area contributed by atoms with Gasteiger partial charge in [0.05, 0.1) is 6.04 Å². The first-order valence-electron chi connectivity index (χ1n) is 5.62. The Hall–Kier alpha value is -1.89. The van der Waals surface area contributed by atoms with Crippen LogP contribution in [-0.2, 0) is 4.79 Å². The minimum Gasteiger partial charge on any atom is -0.507 e. The number of benzene rings is 1. The first-order valence-corrected chi connectivity index (χ1v) is 6.25. The van der Waals surface area contributed by atoms with E-state index in [0.29, 0.717) is 18.0 Å².